The fourth-order valence-corrected chi connectivity index (χ4v) is 5.87. The van der Waals surface area contributed by atoms with Crippen molar-refractivity contribution in [2.24, 2.45) is 11.3 Å². The minimum Gasteiger partial charge on any atom is -0.390 e. The van der Waals surface area contributed by atoms with Gasteiger partial charge < -0.3 is 19.6 Å². The molecule has 2 aliphatic rings. The van der Waals surface area contributed by atoms with Crippen LogP contribution in [0.1, 0.15) is 41.5 Å². The quantitative estimate of drug-likeness (QED) is 0.677. The maximum Gasteiger partial charge on any atom is 0.254 e. The molecule has 4 rings (SSSR count). The number of hydrogen-bond donors (Lipinski definition) is 1. The summed E-state index contributed by atoms with van der Waals surface area (Å²) in [5.74, 6) is 1.17. The summed E-state index contributed by atoms with van der Waals surface area (Å²) in [5.41, 5.74) is 2.04. The number of amides is 1. The van der Waals surface area contributed by atoms with Crippen LogP contribution in [0.3, 0.4) is 0 Å². The molecule has 2 aliphatic heterocycles. The van der Waals surface area contributed by atoms with Crippen molar-refractivity contribution < 1.29 is 14.6 Å². The summed E-state index contributed by atoms with van der Waals surface area (Å²) >= 11 is 7.93. The second kappa shape index (κ2) is 9.78. The minimum atomic E-state index is -0.190. The molecular formula is C24H31ClN4O3S. The Kier molecular flexibility index (Phi) is 7.19. The Morgan fingerprint density at radius 2 is 2.06 bits per heavy atom. The number of carbonyl (C=O) groups is 1. The summed E-state index contributed by atoms with van der Waals surface area (Å²) in [6.45, 7) is 7.45. The number of aliphatic hydroxyl groups excluding tert-OH is 1. The van der Waals surface area contributed by atoms with Gasteiger partial charge in [-0.25, -0.2) is 9.97 Å². The van der Waals surface area contributed by atoms with Crippen LogP contribution in [0.15, 0.2) is 28.1 Å². The van der Waals surface area contributed by atoms with E-state index in [4.69, 9.17) is 26.3 Å². The standard InChI is InChI=1S/C24H31ClN4O3S/c1-15-13-32-14-24(15)8-10-29(11-9-24)21-18(12-30)27-22(16(2)26-21)33-19-7-5-6-17(20(19)25)23(31)28(3)4/h5-7,15,30H,8-14H2,1-4H3/t15-/m1/s1. The first kappa shape index (κ1) is 24.3. The van der Waals surface area contributed by atoms with E-state index in [1.807, 2.05) is 19.1 Å². The summed E-state index contributed by atoms with van der Waals surface area (Å²) in [4.78, 5) is 26.5. The highest BCUT2D eigenvalue weighted by Gasteiger charge is 2.44. The molecule has 1 aromatic carbocycles. The zero-order chi connectivity index (χ0) is 23.8. The summed E-state index contributed by atoms with van der Waals surface area (Å²) < 4.78 is 5.75. The molecule has 0 aliphatic carbocycles. The molecule has 0 unspecified atom stereocenters. The van der Waals surface area contributed by atoms with Gasteiger partial charge in [-0.1, -0.05) is 36.4 Å². The first-order valence-corrected chi connectivity index (χ1v) is 12.4. The number of nitrogens with zero attached hydrogens (tertiary/aromatic N) is 4. The Hall–Kier alpha value is -1.87. The van der Waals surface area contributed by atoms with E-state index in [0.29, 0.717) is 27.2 Å². The van der Waals surface area contributed by atoms with Crippen molar-refractivity contribution >= 4 is 35.1 Å². The SMILES string of the molecule is Cc1nc(N2CCC3(CC2)COC[C@H]3C)c(CO)nc1Sc1cccc(C(=O)N(C)C)c1Cl. The molecule has 7 nitrogen and oxygen atoms in total. The van der Waals surface area contributed by atoms with E-state index in [1.54, 1.807) is 20.2 Å². The number of aromatic nitrogens is 2. The van der Waals surface area contributed by atoms with Crippen molar-refractivity contribution in [1.82, 2.24) is 14.9 Å². The molecule has 1 N–H and O–H groups in total. The topological polar surface area (TPSA) is 78.8 Å². The number of benzene rings is 1. The van der Waals surface area contributed by atoms with Crippen molar-refractivity contribution in [3.63, 3.8) is 0 Å². The van der Waals surface area contributed by atoms with Crippen LogP contribution in [0.4, 0.5) is 5.82 Å². The van der Waals surface area contributed by atoms with E-state index in [2.05, 4.69) is 11.8 Å². The van der Waals surface area contributed by atoms with Gasteiger partial charge >= 0.3 is 0 Å². The highest BCUT2D eigenvalue weighted by molar-refractivity contribution is 7.99. The minimum absolute atomic E-state index is 0.151. The molecule has 1 aromatic heterocycles. The van der Waals surface area contributed by atoms with E-state index < -0.39 is 0 Å². The fraction of sp³-hybridized carbons (Fsp3) is 0.542. The molecule has 9 heteroatoms. The van der Waals surface area contributed by atoms with Crippen LogP contribution in [0.25, 0.3) is 0 Å². The predicted molar refractivity (Wildman–Crippen MR) is 130 cm³/mol. The first-order valence-electron chi connectivity index (χ1n) is 11.2. The van der Waals surface area contributed by atoms with Crippen LogP contribution >= 0.6 is 23.4 Å². The molecule has 1 atom stereocenters. The molecule has 33 heavy (non-hydrogen) atoms. The van der Waals surface area contributed by atoms with Gasteiger partial charge in [0, 0.05) is 44.1 Å². The summed E-state index contributed by atoms with van der Waals surface area (Å²) in [6.07, 6.45) is 2.11. The fourth-order valence-electron chi connectivity index (χ4n) is 4.64. The maximum absolute atomic E-state index is 12.4. The molecule has 3 heterocycles. The predicted octanol–water partition coefficient (Wildman–Crippen LogP) is 4.04. The average Bonchev–Trinajstić information content (AvgIpc) is 3.15. The number of halogens is 1. The molecular weight excluding hydrogens is 460 g/mol. The smallest absolute Gasteiger partial charge is 0.254 e. The normalized spacial score (nSPS) is 19.8. The van der Waals surface area contributed by atoms with Gasteiger partial charge in [0.05, 0.1) is 29.5 Å². The Balaban J connectivity index is 1.57. The number of aliphatic hydroxyl groups is 1. The van der Waals surface area contributed by atoms with Gasteiger partial charge in [-0.2, -0.15) is 0 Å². The van der Waals surface area contributed by atoms with Crippen LogP contribution < -0.4 is 4.90 Å². The van der Waals surface area contributed by atoms with E-state index in [1.165, 1.54) is 16.7 Å². The van der Waals surface area contributed by atoms with Crippen molar-refractivity contribution in [3.8, 4) is 0 Å². The zero-order valence-electron chi connectivity index (χ0n) is 19.6. The van der Waals surface area contributed by atoms with E-state index in [-0.39, 0.29) is 17.9 Å². The molecule has 2 aromatic rings. The Morgan fingerprint density at radius 3 is 2.67 bits per heavy atom. The Bertz CT molecular complexity index is 1040. The van der Waals surface area contributed by atoms with Gasteiger partial charge in [0.2, 0.25) is 0 Å². The molecule has 1 spiro atoms. The van der Waals surface area contributed by atoms with Crippen LogP contribution in [0, 0.1) is 18.3 Å². The molecule has 1 amide bonds. The van der Waals surface area contributed by atoms with E-state index in [9.17, 15) is 9.90 Å². The van der Waals surface area contributed by atoms with Crippen molar-refractivity contribution in [1.29, 1.82) is 0 Å². The molecule has 2 saturated heterocycles. The number of rotatable bonds is 5. The average molecular weight is 491 g/mol. The lowest BCUT2D eigenvalue weighted by Gasteiger charge is -2.41. The van der Waals surface area contributed by atoms with Crippen LogP contribution in [0.5, 0.6) is 0 Å². The Labute approximate surface area is 204 Å². The van der Waals surface area contributed by atoms with Crippen molar-refractivity contribution in [2.75, 3.05) is 45.3 Å². The van der Waals surface area contributed by atoms with Crippen LogP contribution in [-0.4, -0.2) is 66.3 Å². The third-order valence-corrected chi connectivity index (χ3v) is 8.55. The molecule has 0 saturated carbocycles. The summed E-state index contributed by atoms with van der Waals surface area (Å²) in [5, 5.41) is 11.1. The number of aryl methyl sites for hydroxylation is 1. The lowest BCUT2D eigenvalue weighted by Crippen LogP contribution is -2.44. The highest BCUT2D eigenvalue weighted by atomic mass is 35.5. The summed E-state index contributed by atoms with van der Waals surface area (Å²) in [7, 11) is 3.40. The first-order chi connectivity index (χ1) is 15.8. The van der Waals surface area contributed by atoms with Gasteiger partial charge in [-0.3, -0.25) is 4.79 Å². The monoisotopic (exact) mass is 490 g/mol. The number of ether oxygens (including phenoxy) is 1. The van der Waals surface area contributed by atoms with Crippen LogP contribution in [-0.2, 0) is 11.3 Å². The second-order valence-corrected chi connectivity index (χ2v) is 10.6. The van der Waals surface area contributed by atoms with Gasteiger partial charge in [-0.05, 0) is 37.8 Å². The van der Waals surface area contributed by atoms with Gasteiger partial charge in [0.15, 0.2) is 5.82 Å². The summed E-state index contributed by atoms with van der Waals surface area (Å²) in [6, 6.07) is 5.39. The number of anilines is 1. The van der Waals surface area contributed by atoms with Crippen molar-refractivity contribution in [3.05, 3.63) is 40.2 Å². The van der Waals surface area contributed by atoms with Crippen LogP contribution in [0.2, 0.25) is 5.02 Å². The van der Waals surface area contributed by atoms with Gasteiger partial charge in [0.1, 0.15) is 10.7 Å². The van der Waals surface area contributed by atoms with E-state index in [0.717, 1.165) is 55.6 Å². The zero-order valence-corrected chi connectivity index (χ0v) is 21.2. The third-order valence-electron chi connectivity index (χ3n) is 6.90. The molecule has 0 radical (unpaired) electrons. The van der Waals surface area contributed by atoms with E-state index >= 15 is 0 Å². The third kappa shape index (κ3) is 4.71. The second-order valence-electron chi connectivity index (χ2n) is 9.23. The number of hydrogen-bond acceptors (Lipinski definition) is 7. The van der Waals surface area contributed by atoms with Crippen molar-refractivity contribution in [2.45, 2.75) is 43.2 Å². The molecule has 178 valence electrons. The Morgan fingerprint density at radius 1 is 1.33 bits per heavy atom. The van der Waals surface area contributed by atoms with Gasteiger partial charge in [-0.15, -0.1) is 0 Å². The number of piperidine rings is 1. The lowest BCUT2D eigenvalue weighted by molar-refractivity contribution is 0.0827. The molecule has 2 fully saturated rings. The van der Waals surface area contributed by atoms with Gasteiger partial charge in [0.25, 0.3) is 5.91 Å². The largest absolute Gasteiger partial charge is 0.390 e. The maximum atomic E-state index is 12.4. The lowest BCUT2D eigenvalue weighted by atomic mass is 9.72. The highest BCUT2D eigenvalue weighted by Crippen LogP contribution is 2.44. The number of carbonyl (C=O) groups excluding carboxylic acids is 1. The molecule has 0 bridgehead atoms.